The van der Waals surface area contributed by atoms with Gasteiger partial charge in [0.2, 0.25) is 0 Å². The molecule has 0 bridgehead atoms. The van der Waals surface area contributed by atoms with E-state index in [1.54, 1.807) is 12.1 Å². The zero-order valence-electron chi connectivity index (χ0n) is 15.2. The third-order valence-corrected chi connectivity index (χ3v) is 5.23. The quantitative estimate of drug-likeness (QED) is 0.790. The number of ether oxygens (including phenoxy) is 2. The lowest BCUT2D eigenvalue weighted by atomic mass is 9.93. The van der Waals surface area contributed by atoms with Gasteiger partial charge in [-0.25, -0.2) is 0 Å². The van der Waals surface area contributed by atoms with Gasteiger partial charge in [0.05, 0.1) is 11.7 Å². The van der Waals surface area contributed by atoms with Gasteiger partial charge >= 0.3 is 0 Å². The SMILES string of the molecule is CCCCN1CCC(CNC(=O)c2cc(Cl)cc3c2OCCO3)C(O)C1. The Bertz CT molecular complexity index is 640. The molecule has 144 valence electrons. The molecule has 1 saturated heterocycles. The Hall–Kier alpha value is -1.50. The fraction of sp³-hybridized carbons (Fsp3) is 0.632. The number of hydrogen-bond donors (Lipinski definition) is 2. The van der Waals surface area contributed by atoms with Crippen LogP contribution in [-0.4, -0.2) is 61.4 Å². The molecule has 0 radical (unpaired) electrons. The molecule has 1 aromatic carbocycles. The fourth-order valence-corrected chi connectivity index (χ4v) is 3.68. The van der Waals surface area contributed by atoms with E-state index in [9.17, 15) is 9.90 Å². The molecule has 0 aliphatic carbocycles. The first-order valence-corrected chi connectivity index (χ1v) is 9.74. The van der Waals surface area contributed by atoms with Crippen LogP contribution in [0.3, 0.4) is 0 Å². The summed E-state index contributed by atoms with van der Waals surface area (Å²) >= 11 is 6.09. The van der Waals surface area contributed by atoms with Gasteiger partial charge < -0.3 is 24.8 Å². The van der Waals surface area contributed by atoms with E-state index in [-0.39, 0.29) is 11.8 Å². The Labute approximate surface area is 159 Å². The smallest absolute Gasteiger partial charge is 0.255 e. The first-order chi connectivity index (χ1) is 12.6. The molecule has 1 amide bonds. The monoisotopic (exact) mass is 382 g/mol. The summed E-state index contributed by atoms with van der Waals surface area (Å²) in [6, 6.07) is 3.25. The summed E-state index contributed by atoms with van der Waals surface area (Å²) < 4.78 is 11.1. The van der Waals surface area contributed by atoms with Crippen LogP contribution in [-0.2, 0) is 0 Å². The van der Waals surface area contributed by atoms with Gasteiger partial charge in [0.1, 0.15) is 13.2 Å². The zero-order valence-corrected chi connectivity index (χ0v) is 15.9. The average Bonchev–Trinajstić information content (AvgIpc) is 2.64. The van der Waals surface area contributed by atoms with Crippen LogP contribution in [0.4, 0.5) is 0 Å². The number of benzene rings is 1. The van der Waals surface area contributed by atoms with Crippen molar-refractivity contribution in [3.63, 3.8) is 0 Å². The van der Waals surface area contributed by atoms with Crippen molar-refractivity contribution in [3.8, 4) is 11.5 Å². The van der Waals surface area contributed by atoms with Crippen LogP contribution in [0, 0.1) is 5.92 Å². The van der Waals surface area contributed by atoms with E-state index in [1.807, 2.05) is 0 Å². The van der Waals surface area contributed by atoms with Crippen molar-refractivity contribution in [1.82, 2.24) is 10.2 Å². The molecule has 2 aliphatic rings. The number of aliphatic hydroxyl groups excluding tert-OH is 1. The number of rotatable bonds is 6. The molecule has 0 aromatic heterocycles. The molecule has 1 aromatic rings. The molecule has 2 heterocycles. The number of β-amino-alcohol motifs (C(OH)–C–C–N with tert-alkyl or cyclic N) is 1. The van der Waals surface area contributed by atoms with Gasteiger partial charge in [-0.1, -0.05) is 24.9 Å². The first-order valence-electron chi connectivity index (χ1n) is 9.36. The van der Waals surface area contributed by atoms with Crippen molar-refractivity contribution in [2.24, 2.45) is 5.92 Å². The Balaban J connectivity index is 1.57. The molecule has 2 N–H and O–H groups in total. The van der Waals surface area contributed by atoms with Gasteiger partial charge in [-0.3, -0.25) is 4.79 Å². The van der Waals surface area contributed by atoms with Crippen LogP contribution >= 0.6 is 11.6 Å². The van der Waals surface area contributed by atoms with E-state index in [0.29, 0.717) is 48.4 Å². The van der Waals surface area contributed by atoms with Crippen LogP contribution in [0.25, 0.3) is 0 Å². The number of unbranched alkanes of at least 4 members (excludes halogenated alkanes) is 1. The molecule has 26 heavy (non-hydrogen) atoms. The number of halogens is 1. The molecule has 1 fully saturated rings. The third kappa shape index (κ3) is 4.61. The van der Waals surface area contributed by atoms with Gasteiger partial charge in [-0.15, -0.1) is 0 Å². The van der Waals surface area contributed by atoms with Crippen LogP contribution in [0.15, 0.2) is 12.1 Å². The second kappa shape index (κ2) is 8.93. The number of likely N-dealkylation sites (tertiary alicyclic amines) is 1. The minimum Gasteiger partial charge on any atom is -0.486 e. The summed E-state index contributed by atoms with van der Waals surface area (Å²) in [4.78, 5) is 14.9. The number of fused-ring (bicyclic) bond motifs is 1. The molecule has 2 unspecified atom stereocenters. The third-order valence-electron chi connectivity index (χ3n) is 5.01. The van der Waals surface area contributed by atoms with Crippen LogP contribution < -0.4 is 14.8 Å². The van der Waals surface area contributed by atoms with Crippen molar-refractivity contribution in [2.75, 3.05) is 39.4 Å². The Morgan fingerprint density at radius 2 is 2.19 bits per heavy atom. The van der Waals surface area contributed by atoms with E-state index in [0.717, 1.165) is 32.4 Å². The largest absolute Gasteiger partial charge is 0.486 e. The molecule has 2 aliphatic heterocycles. The highest BCUT2D eigenvalue weighted by Gasteiger charge is 2.28. The van der Waals surface area contributed by atoms with Crippen molar-refractivity contribution >= 4 is 17.5 Å². The Morgan fingerprint density at radius 1 is 1.38 bits per heavy atom. The predicted octanol–water partition coefficient (Wildman–Crippen LogP) is 2.32. The normalized spacial score (nSPS) is 22.9. The highest BCUT2D eigenvalue weighted by atomic mass is 35.5. The summed E-state index contributed by atoms with van der Waals surface area (Å²) in [5.74, 6) is 0.741. The molecule has 0 spiro atoms. The number of carbonyl (C=O) groups excluding carboxylic acids is 1. The van der Waals surface area contributed by atoms with Crippen LogP contribution in [0.2, 0.25) is 5.02 Å². The lowest BCUT2D eigenvalue weighted by Crippen LogP contribution is -2.47. The summed E-state index contributed by atoms with van der Waals surface area (Å²) in [6.07, 6.45) is 2.75. The van der Waals surface area contributed by atoms with Crippen molar-refractivity contribution in [2.45, 2.75) is 32.3 Å². The minimum atomic E-state index is -0.422. The highest BCUT2D eigenvalue weighted by Crippen LogP contribution is 2.36. The van der Waals surface area contributed by atoms with Gasteiger partial charge in [-0.2, -0.15) is 0 Å². The maximum atomic E-state index is 12.6. The average molecular weight is 383 g/mol. The lowest BCUT2D eigenvalue weighted by molar-refractivity contribution is 0.0217. The van der Waals surface area contributed by atoms with E-state index in [1.165, 1.54) is 0 Å². The number of hydrogen-bond acceptors (Lipinski definition) is 5. The van der Waals surface area contributed by atoms with E-state index >= 15 is 0 Å². The lowest BCUT2D eigenvalue weighted by Gasteiger charge is -2.36. The van der Waals surface area contributed by atoms with Crippen molar-refractivity contribution < 1.29 is 19.4 Å². The number of nitrogens with zero attached hydrogens (tertiary/aromatic N) is 1. The Kier molecular flexibility index (Phi) is 6.62. The maximum absolute atomic E-state index is 12.6. The first kappa shape index (κ1) is 19.3. The van der Waals surface area contributed by atoms with Gasteiger partial charge in [0.25, 0.3) is 5.91 Å². The molecule has 0 saturated carbocycles. The fourth-order valence-electron chi connectivity index (χ4n) is 3.48. The summed E-state index contributed by atoms with van der Waals surface area (Å²) in [7, 11) is 0. The number of piperidine rings is 1. The highest BCUT2D eigenvalue weighted by molar-refractivity contribution is 6.31. The zero-order chi connectivity index (χ0) is 18.5. The maximum Gasteiger partial charge on any atom is 0.255 e. The summed E-state index contributed by atoms with van der Waals surface area (Å²) in [5.41, 5.74) is 0.377. The molecular weight excluding hydrogens is 356 g/mol. The second-order valence-corrected chi connectivity index (χ2v) is 7.39. The molecular formula is C19H27ClN2O4. The second-order valence-electron chi connectivity index (χ2n) is 6.96. The topological polar surface area (TPSA) is 71.0 Å². The molecule has 3 rings (SSSR count). The number of nitrogens with one attached hydrogen (secondary N) is 1. The number of aliphatic hydroxyl groups is 1. The number of amides is 1. The van der Waals surface area contributed by atoms with Gasteiger partial charge in [0.15, 0.2) is 11.5 Å². The minimum absolute atomic E-state index is 0.0593. The van der Waals surface area contributed by atoms with E-state index < -0.39 is 6.10 Å². The van der Waals surface area contributed by atoms with E-state index in [4.69, 9.17) is 21.1 Å². The van der Waals surface area contributed by atoms with Gasteiger partial charge in [0, 0.05) is 30.1 Å². The molecule has 2 atom stereocenters. The standard InChI is InChI=1S/C19H27ClN2O4/c1-2-3-5-22-6-4-13(16(23)12-22)11-21-19(24)15-9-14(20)10-17-18(15)26-8-7-25-17/h9-10,13,16,23H,2-8,11-12H2,1H3,(H,21,24). The number of carbonyl (C=O) groups is 1. The predicted molar refractivity (Wildman–Crippen MR) is 100 cm³/mol. The van der Waals surface area contributed by atoms with E-state index in [2.05, 4.69) is 17.1 Å². The van der Waals surface area contributed by atoms with Crippen molar-refractivity contribution in [3.05, 3.63) is 22.7 Å². The molecule has 6 nitrogen and oxygen atoms in total. The Morgan fingerprint density at radius 3 is 2.96 bits per heavy atom. The summed E-state index contributed by atoms with van der Waals surface area (Å²) in [6.45, 7) is 6.11. The van der Waals surface area contributed by atoms with Gasteiger partial charge in [-0.05, 0) is 32.0 Å². The van der Waals surface area contributed by atoms with Crippen LogP contribution in [0.1, 0.15) is 36.5 Å². The summed E-state index contributed by atoms with van der Waals surface area (Å²) in [5, 5.41) is 13.8. The molecule has 7 heteroatoms. The van der Waals surface area contributed by atoms with Crippen molar-refractivity contribution in [1.29, 1.82) is 0 Å². The van der Waals surface area contributed by atoms with Crippen LogP contribution in [0.5, 0.6) is 11.5 Å².